The van der Waals surface area contributed by atoms with Gasteiger partial charge in [-0.3, -0.25) is 0 Å². The van der Waals surface area contributed by atoms with Crippen molar-refractivity contribution in [2.75, 3.05) is 0 Å². The van der Waals surface area contributed by atoms with Crippen molar-refractivity contribution in [3.8, 4) is 6.07 Å². The number of hydrogen-bond donors (Lipinski definition) is 0. The van der Waals surface area contributed by atoms with Gasteiger partial charge in [0.25, 0.3) is 0 Å². The highest BCUT2D eigenvalue weighted by molar-refractivity contribution is 5.69. The quantitative estimate of drug-likeness (QED) is 0.242. The monoisotopic (exact) mass is 463 g/mol. The average molecular weight is 464 g/mol. The second-order valence-electron chi connectivity index (χ2n) is 8.88. The topological polar surface area (TPSA) is 23.8 Å². The molecule has 0 spiro atoms. The van der Waals surface area contributed by atoms with E-state index >= 15 is 0 Å². The average Bonchev–Trinajstić information content (AvgIpc) is 2.88. The number of aryl methyl sites for hydroxylation is 2. The second kappa shape index (κ2) is 11.4. The molecular formula is C32H27F2N. The van der Waals surface area contributed by atoms with E-state index in [1.54, 1.807) is 6.07 Å². The van der Waals surface area contributed by atoms with E-state index in [1.807, 2.05) is 30.3 Å². The lowest BCUT2D eigenvalue weighted by molar-refractivity contribution is 0.573. The minimum atomic E-state index is -0.804. The normalized spacial score (nSPS) is 11.9. The molecule has 3 heteroatoms. The highest BCUT2D eigenvalue weighted by Gasteiger charge is 2.10. The first-order valence-electron chi connectivity index (χ1n) is 11.8. The van der Waals surface area contributed by atoms with E-state index in [9.17, 15) is 8.78 Å². The summed E-state index contributed by atoms with van der Waals surface area (Å²) in [4.78, 5) is 0. The van der Waals surface area contributed by atoms with Gasteiger partial charge < -0.3 is 0 Å². The van der Waals surface area contributed by atoms with E-state index in [2.05, 4.69) is 67.6 Å². The fraction of sp³-hybridized carbons (Fsp3) is 0.156. The molecule has 35 heavy (non-hydrogen) atoms. The smallest absolute Gasteiger partial charge is 0.144 e. The van der Waals surface area contributed by atoms with Gasteiger partial charge in [-0.2, -0.15) is 5.26 Å². The predicted molar refractivity (Wildman–Crippen MR) is 139 cm³/mol. The number of benzene rings is 4. The largest absolute Gasteiger partial charge is 0.205 e. The van der Waals surface area contributed by atoms with Crippen LogP contribution in [0.5, 0.6) is 0 Å². The molecular weight excluding hydrogens is 436 g/mol. The van der Waals surface area contributed by atoms with Crippen LogP contribution in [0, 0.1) is 23.0 Å². The molecule has 0 N–H and O–H groups in total. The Hall–Kier alpha value is -4.03. The summed E-state index contributed by atoms with van der Waals surface area (Å²) in [5.74, 6) is -1.13. The van der Waals surface area contributed by atoms with Crippen LogP contribution in [0.25, 0.3) is 12.2 Å². The Balaban J connectivity index is 1.32. The van der Waals surface area contributed by atoms with Crippen LogP contribution in [0.2, 0.25) is 0 Å². The third kappa shape index (κ3) is 6.52. The molecule has 0 aliphatic carbocycles. The van der Waals surface area contributed by atoms with Crippen LogP contribution in [-0.4, -0.2) is 0 Å². The fourth-order valence-corrected chi connectivity index (χ4v) is 4.17. The SMILES string of the molecule is C[C@H](Cc1ccc(C=Cc2ccc(CCc3cc(F)c(C#N)c(F)c3)cc2)cc1)c1ccccc1. The van der Waals surface area contributed by atoms with Crippen LogP contribution >= 0.6 is 0 Å². The summed E-state index contributed by atoms with van der Waals surface area (Å²) < 4.78 is 27.6. The van der Waals surface area contributed by atoms with Crippen LogP contribution in [0.1, 0.15) is 51.8 Å². The molecule has 0 aliphatic heterocycles. The summed E-state index contributed by atoms with van der Waals surface area (Å²) in [6.07, 6.45) is 6.36. The molecule has 174 valence electrons. The number of hydrogen-bond acceptors (Lipinski definition) is 1. The first-order chi connectivity index (χ1) is 17.0. The Morgan fingerprint density at radius 3 is 1.77 bits per heavy atom. The Bertz CT molecular complexity index is 1310. The van der Waals surface area contributed by atoms with Crippen LogP contribution in [-0.2, 0) is 19.3 Å². The van der Waals surface area contributed by atoms with Crippen LogP contribution in [0.3, 0.4) is 0 Å². The van der Waals surface area contributed by atoms with E-state index < -0.39 is 17.2 Å². The van der Waals surface area contributed by atoms with Crippen molar-refractivity contribution >= 4 is 12.2 Å². The lowest BCUT2D eigenvalue weighted by Gasteiger charge is -2.12. The molecule has 4 aromatic rings. The van der Waals surface area contributed by atoms with Crippen molar-refractivity contribution in [1.82, 2.24) is 0 Å². The number of nitriles is 1. The Morgan fingerprint density at radius 1 is 0.714 bits per heavy atom. The zero-order chi connectivity index (χ0) is 24.6. The maximum Gasteiger partial charge on any atom is 0.144 e. The molecule has 0 amide bonds. The minimum Gasteiger partial charge on any atom is -0.205 e. The highest BCUT2D eigenvalue weighted by atomic mass is 19.1. The first-order valence-corrected chi connectivity index (χ1v) is 11.8. The van der Waals surface area contributed by atoms with Gasteiger partial charge in [-0.1, -0.05) is 97.9 Å². The second-order valence-corrected chi connectivity index (χ2v) is 8.88. The maximum absolute atomic E-state index is 13.8. The molecule has 4 aromatic carbocycles. The van der Waals surface area contributed by atoms with E-state index in [1.165, 1.54) is 23.3 Å². The Kier molecular flexibility index (Phi) is 7.85. The summed E-state index contributed by atoms with van der Waals surface area (Å²) in [5, 5.41) is 8.79. The first kappa shape index (κ1) is 24.1. The number of halogens is 2. The van der Waals surface area contributed by atoms with Crippen molar-refractivity contribution in [2.45, 2.75) is 32.1 Å². The molecule has 0 heterocycles. The fourth-order valence-electron chi connectivity index (χ4n) is 4.17. The minimum absolute atomic E-state index is 0.478. The van der Waals surface area contributed by atoms with Gasteiger partial charge in [0.2, 0.25) is 0 Å². The van der Waals surface area contributed by atoms with Gasteiger partial charge in [0, 0.05) is 0 Å². The van der Waals surface area contributed by atoms with E-state index in [0.717, 1.165) is 23.1 Å². The van der Waals surface area contributed by atoms with Gasteiger partial charge in [0.1, 0.15) is 23.3 Å². The van der Waals surface area contributed by atoms with Gasteiger partial charge in [-0.15, -0.1) is 0 Å². The summed E-state index contributed by atoms with van der Waals surface area (Å²) in [7, 11) is 0. The van der Waals surface area contributed by atoms with Crippen molar-refractivity contribution in [2.24, 2.45) is 0 Å². The van der Waals surface area contributed by atoms with E-state index in [-0.39, 0.29) is 0 Å². The number of nitrogens with zero attached hydrogens (tertiary/aromatic N) is 1. The Labute approximate surface area is 206 Å². The van der Waals surface area contributed by atoms with Gasteiger partial charge in [0.15, 0.2) is 0 Å². The van der Waals surface area contributed by atoms with Crippen LogP contribution in [0.4, 0.5) is 8.78 Å². The summed E-state index contributed by atoms with van der Waals surface area (Å²) in [6.45, 7) is 2.26. The molecule has 0 fully saturated rings. The predicted octanol–water partition coefficient (Wildman–Crippen LogP) is 8.14. The number of rotatable bonds is 8. The van der Waals surface area contributed by atoms with Crippen LogP contribution < -0.4 is 0 Å². The van der Waals surface area contributed by atoms with Gasteiger partial charge >= 0.3 is 0 Å². The van der Waals surface area contributed by atoms with Crippen molar-refractivity contribution in [3.63, 3.8) is 0 Å². The molecule has 0 saturated carbocycles. The molecule has 0 unspecified atom stereocenters. The third-order valence-electron chi connectivity index (χ3n) is 6.25. The molecule has 4 rings (SSSR count). The molecule has 1 nitrogen and oxygen atoms in total. The van der Waals surface area contributed by atoms with Gasteiger partial charge in [-0.25, -0.2) is 8.78 Å². The molecule has 0 saturated heterocycles. The van der Waals surface area contributed by atoms with Crippen molar-refractivity contribution < 1.29 is 8.78 Å². The molecule has 0 radical (unpaired) electrons. The highest BCUT2D eigenvalue weighted by Crippen LogP contribution is 2.21. The standard InChI is InChI=1S/C32H27F2N/c1-23(29-5-3-2-4-6-29)19-27-16-13-26(14-17-27)12-9-24-7-10-25(11-8-24)15-18-28-20-31(33)30(22-35)32(34)21-28/h2-14,16-17,20-21,23H,15,18-19H2,1H3/t23-/m1/s1. The third-order valence-corrected chi connectivity index (χ3v) is 6.25. The molecule has 0 aromatic heterocycles. The molecule has 1 atom stereocenters. The zero-order valence-corrected chi connectivity index (χ0v) is 19.7. The van der Waals surface area contributed by atoms with Crippen LogP contribution in [0.15, 0.2) is 91.0 Å². The Morgan fingerprint density at radius 2 is 1.23 bits per heavy atom. The lowest BCUT2D eigenvalue weighted by atomic mass is 9.93. The molecule has 0 aliphatic rings. The summed E-state index contributed by atoms with van der Waals surface area (Å²) >= 11 is 0. The van der Waals surface area contributed by atoms with Gasteiger partial charge in [0.05, 0.1) is 0 Å². The molecule has 0 bridgehead atoms. The zero-order valence-electron chi connectivity index (χ0n) is 19.7. The van der Waals surface area contributed by atoms with E-state index in [4.69, 9.17) is 5.26 Å². The summed E-state index contributed by atoms with van der Waals surface area (Å²) in [6, 6.07) is 31.4. The maximum atomic E-state index is 13.8. The van der Waals surface area contributed by atoms with Crippen molar-refractivity contribution in [1.29, 1.82) is 5.26 Å². The summed E-state index contributed by atoms with van der Waals surface area (Å²) in [5.41, 5.74) is 6.03. The lowest BCUT2D eigenvalue weighted by Crippen LogP contribution is -1.98. The van der Waals surface area contributed by atoms with E-state index in [0.29, 0.717) is 24.3 Å². The van der Waals surface area contributed by atoms with Gasteiger partial charge in [-0.05, 0) is 70.7 Å². The van der Waals surface area contributed by atoms with Crippen molar-refractivity contribution in [3.05, 3.63) is 142 Å².